The molecule has 0 saturated heterocycles. The second kappa shape index (κ2) is 9.09. The summed E-state index contributed by atoms with van der Waals surface area (Å²) in [5.74, 6) is 0.283. The third kappa shape index (κ3) is 4.17. The molecule has 0 atom stereocenters. The number of hydrogen-bond acceptors (Lipinski definition) is 5. The Morgan fingerprint density at radius 3 is 2.38 bits per heavy atom. The van der Waals surface area contributed by atoms with Gasteiger partial charge in [0.2, 0.25) is 0 Å². The molecule has 7 heteroatoms. The van der Waals surface area contributed by atoms with Gasteiger partial charge in [-0.25, -0.2) is 0 Å². The Hall–Kier alpha value is -4.52. The van der Waals surface area contributed by atoms with Crippen LogP contribution in [0, 0.1) is 10.1 Å². The number of carbonyl (C=O) groups excluding carboxylic acids is 1. The first-order valence-corrected chi connectivity index (χ1v) is 9.86. The molecule has 1 heterocycles. The summed E-state index contributed by atoms with van der Waals surface area (Å²) in [5, 5.41) is 16.8. The van der Waals surface area contributed by atoms with Crippen molar-refractivity contribution in [1.29, 1.82) is 0 Å². The molecule has 1 aliphatic heterocycles. The summed E-state index contributed by atoms with van der Waals surface area (Å²) in [7, 11) is 0. The van der Waals surface area contributed by atoms with Crippen molar-refractivity contribution in [2.75, 3.05) is 11.6 Å². The van der Waals surface area contributed by atoms with Crippen molar-refractivity contribution in [1.82, 2.24) is 0 Å². The lowest BCUT2D eigenvalue weighted by molar-refractivity contribution is -0.384. The van der Waals surface area contributed by atoms with Crippen LogP contribution in [0.2, 0.25) is 0 Å². The van der Waals surface area contributed by atoms with Gasteiger partial charge in [-0.15, -0.1) is 0 Å². The normalized spacial score (nSPS) is 14.4. The fourth-order valence-electron chi connectivity index (χ4n) is 3.28. The van der Waals surface area contributed by atoms with Crippen molar-refractivity contribution in [2.45, 2.75) is 0 Å². The first-order valence-electron chi connectivity index (χ1n) is 9.86. The van der Waals surface area contributed by atoms with Gasteiger partial charge in [0.25, 0.3) is 11.6 Å². The van der Waals surface area contributed by atoms with Crippen LogP contribution in [-0.2, 0) is 4.79 Å². The molecule has 1 aliphatic rings. The van der Waals surface area contributed by atoms with Gasteiger partial charge >= 0.3 is 0 Å². The number of benzene rings is 3. The summed E-state index contributed by atoms with van der Waals surface area (Å²) >= 11 is 0. The highest BCUT2D eigenvalue weighted by molar-refractivity contribution is 6.37. The van der Waals surface area contributed by atoms with Gasteiger partial charge in [-0.3, -0.25) is 14.9 Å². The second-order valence-electron chi connectivity index (χ2n) is 6.90. The van der Waals surface area contributed by atoms with E-state index < -0.39 is 4.92 Å². The maximum absolute atomic E-state index is 13.4. The Balaban J connectivity index is 1.79. The number of ether oxygens (including phenoxy) is 1. The highest BCUT2D eigenvalue weighted by atomic mass is 16.6. The van der Waals surface area contributed by atoms with E-state index in [4.69, 9.17) is 4.74 Å². The maximum atomic E-state index is 13.4. The minimum Gasteiger partial charge on any atom is -0.489 e. The van der Waals surface area contributed by atoms with Crippen LogP contribution in [0.25, 0.3) is 6.08 Å². The lowest BCUT2D eigenvalue weighted by Gasteiger charge is -2.11. The number of hydrogen-bond donors (Lipinski definition) is 0. The van der Waals surface area contributed by atoms with Gasteiger partial charge < -0.3 is 4.74 Å². The fraction of sp³-hybridized carbons (Fsp3) is 0.0400. The third-order valence-corrected chi connectivity index (χ3v) is 4.81. The first kappa shape index (κ1) is 20.7. The van der Waals surface area contributed by atoms with Crippen LogP contribution in [0.1, 0.15) is 11.1 Å². The lowest BCUT2D eigenvalue weighted by Crippen LogP contribution is -2.21. The van der Waals surface area contributed by atoms with Crippen molar-refractivity contribution >= 4 is 29.1 Å². The number of nitro groups is 1. The Labute approximate surface area is 184 Å². The molecule has 7 nitrogen and oxygen atoms in total. The Kier molecular flexibility index (Phi) is 5.89. The largest absolute Gasteiger partial charge is 0.489 e. The van der Waals surface area contributed by atoms with Crippen LogP contribution in [0.3, 0.4) is 0 Å². The SMILES string of the molecule is C=CCOc1ccccc1C=C1C(=O)N(c2ccc([N+](=O)[O-])cc2)N=C1c1ccccc1. The van der Waals surface area contributed by atoms with E-state index in [2.05, 4.69) is 11.7 Å². The summed E-state index contributed by atoms with van der Waals surface area (Å²) in [4.78, 5) is 23.9. The predicted molar refractivity (Wildman–Crippen MR) is 124 cm³/mol. The molecule has 0 N–H and O–H groups in total. The number of non-ortho nitro benzene ring substituents is 1. The summed E-state index contributed by atoms with van der Waals surface area (Å²) in [6.07, 6.45) is 3.40. The highest BCUT2D eigenvalue weighted by Gasteiger charge is 2.32. The predicted octanol–water partition coefficient (Wildman–Crippen LogP) is 4.99. The molecule has 0 spiro atoms. The summed E-state index contributed by atoms with van der Waals surface area (Å²) in [6, 6.07) is 22.5. The molecule has 0 aromatic heterocycles. The van der Waals surface area contributed by atoms with Crippen molar-refractivity contribution < 1.29 is 14.5 Å². The lowest BCUT2D eigenvalue weighted by atomic mass is 10.00. The molecule has 4 rings (SSSR count). The van der Waals surface area contributed by atoms with Gasteiger partial charge in [-0.2, -0.15) is 10.1 Å². The van der Waals surface area contributed by atoms with Crippen LogP contribution in [0.5, 0.6) is 5.75 Å². The second-order valence-corrected chi connectivity index (χ2v) is 6.90. The number of rotatable bonds is 7. The van der Waals surface area contributed by atoms with Crippen molar-refractivity contribution in [3.05, 3.63) is 118 Å². The molecule has 0 fully saturated rings. The smallest absolute Gasteiger partial charge is 0.281 e. The quantitative estimate of drug-likeness (QED) is 0.231. The van der Waals surface area contributed by atoms with Gasteiger partial charge in [-0.1, -0.05) is 61.2 Å². The number of para-hydroxylation sites is 1. The van der Waals surface area contributed by atoms with Crippen LogP contribution in [-0.4, -0.2) is 23.1 Å². The van der Waals surface area contributed by atoms with Crippen LogP contribution in [0.15, 0.2) is 102 Å². The van der Waals surface area contributed by atoms with Crippen molar-refractivity contribution in [3.63, 3.8) is 0 Å². The molecule has 0 aliphatic carbocycles. The molecule has 0 radical (unpaired) electrons. The fourth-order valence-corrected chi connectivity index (χ4v) is 3.28. The van der Waals surface area contributed by atoms with Crippen LogP contribution < -0.4 is 9.75 Å². The average Bonchev–Trinajstić information content (AvgIpc) is 3.15. The molecule has 158 valence electrons. The van der Waals surface area contributed by atoms with E-state index in [0.717, 1.165) is 11.1 Å². The number of nitrogens with zero attached hydrogens (tertiary/aromatic N) is 3. The average molecular weight is 425 g/mol. The number of carbonyl (C=O) groups is 1. The Morgan fingerprint density at radius 1 is 1.00 bits per heavy atom. The summed E-state index contributed by atoms with van der Waals surface area (Å²) < 4.78 is 5.73. The maximum Gasteiger partial charge on any atom is 0.281 e. The van der Waals surface area contributed by atoms with Gasteiger partial charge in [0.05, 0.1) is 16.2 Å². The minimum absolute atomic E-state index is 0.0586. The zero-order valence-electron chi connectivity index (χ0n) is 17.0. The van der Waals surface area contributed by atoms with E-state index >= 15 is 0 Å². The highest BCUT2D eigenvalue weighted by Crippen LogP contribution is 2.30. The van der Waals surface area contributed by atoms with E-state index in [0.29, 0.717) is 29.3 Å². The first-order chi connectivity index (χ1) is 15.6. The van der Waals surface area contributed by atoms with E-state index in [-0.39, 0.29) is 11.6 Å². The number of anilines is 1. The molecule has 0 bridgehead atoms. The van der Waals surface area contributed by atoms with Gasteiger partial charge in [-0.05, 0) is 24.3 Å². The zero-order chi connectivity index (χ0) is 22.5. The van der Waals surface area contributed by atoms with Crippen LogP contribution in [0.4, 0.5) is 11.4 Å². The van der Waals surface area contributed by atoms with Gasteiger partial charge in [0.1, 0.15) is 18.1 Å². The molecule has 0 unspecified atom stereocenters. The standard InChI is InChI=1S/C25H19N3O4/c1-2-16-32-23-11-7-6-10-19(23)17-22-24(18-8-4-3-5-9-18)26-27(25(22)29)20-12-14-21(15-13-20)28(30)31/h2-15,17H,1,16H2. The van der Waals surface area contributed by atoms with E-state index in [1.807, 2.05) is 54.6 Å². The number of amides is 1. The number of hydrazone groups is 1. The molecule has 3 aromatic rings. The number of nitro benzene ring substituents is 1. The topological polar surface area (TPSA) is 85.0 Å². The minimum atomic E-state index is -0.486. The molecular formula is C25H19N3O4. The van der Waals surface area contributed by atoms with Crippen molar-refractivity contribution in [3.8, 4) is 5.75 Å². The van der Waals surface area contributed by atoms with Gasteiger partial charge in [0, 0.05) is 23.3 Å². The Bertz CT molecular complexity index is 1230. The monoisotopic (exact) mass is 425 g/mol. The van der Waals surface area contributed by atoms with E-state index in [1.165, 1.54) is 29.3 Å². The third-order valence-electron chi connectivity index (χ3n) is 4.81. The zero-order valence-corrected chi connectivity index (χ0v) is 17.0. The van der Waals surface area contributed by atoms with Gasteiger partial charge in [0.15, 0.2) is 0 Å². The molecule has 32 heavy (non-hydrogen) atoms. The Morgan fingerprint density at radius 2 is 1.69 bits per heavy atom. The van der Waals surface area contributed by atoms with E-state index in [1.54, 1.807) is 12.2 Å². The molecule has 0 saturated carbocycles. The van der Waals surface area contributed by atoms with E-state index in [9.17, 15) is 14.9 Å². The molecule has 3 aromatic carbocycles. The van der Waals surface area contributed by atoms with Crippen molar-refractivity contribution in [2.24, 2.45) is 5.10 Å². The molecular weight excluding hydrogens is 406 g/mol. The summed E-state index contributed by atoms with van der Waals surface area (Å²) in [6.45, 7) is 4.01. The van der Waals surface area contributed by atoms with Crippen LogP contribution >= 0.6 is 0 Å². The summed E-state index contributed by atoms with van der Waals surface area (Å²) in [5.41, 5.74) is 2.79. The molecule has 1 amide bonds.